The fraction of sp³-hybridized carbons (Fsp3) is 1.00. The van der Waals surface area contributed by atoms with Crippen LogP contribution in [0.1, 0.15) is 33.6 Å². The first-order valence-electron chi connectivity index (χ1n) is 3.89. The topological polar surface area (TPSA) is 0 Å². The van der Waals surface area contributed by atoms with Crippen molar-refractivity contribution < 1.29 is 13.2 Å². The summed E-state index contributed by atoms with van der Waals surface area (Å²) in [5, 5.41) is 0. The van der Waals surface area contributed by atoms with Gasteiger partial charge >= 0.3 is 6.18 Å². The molecule has 0 aromatic heterocycles. The third-order valence-corrected chi connectivity index (χ3v) is 2.02. The minimum Gasteiger partial charge on any atom is -0.171 e. The van der Waals surface area contributed by atoms with Crippen LogP contribution in [0.15, 0.2) is 0 Å². The molecule has 0 aliphatic rings. The van der Waals surface area contributed by atoms with Crippen LogP contribution in [0.3, 0.4) is 0 Å². The summed E-state index contributed by atoms with van der Waals surface area (Å²) < 4.78 is 35.0. The summed E-state index contributed by atoms with van der Waals surface area (Å²) in [6.45, 7) is 5.75. The van der Waals surface area contributed by atoms with E-state index in [9.17, 15) is 13.2 Å². The normalized spacial score (nSPS) is 15.5. The standard InChI is InChI=1S/C8H15F3/c1-6(2)7(3)4-5-8(9,10)11/h6-7H,4-5H2,1-3H3/t7-/m0/s1. The van der Waals surface area contributed by atoms with Crippen molar-refractivity contribution in [1.82, 2.24) is 0 Å². The average molecular weight is 168 g/mol. The summed E-state index contributed by atoms with van der Waals surface area (Å²) in [6, 6.07) is 0. The molecule has 0 aliphatic heterocycles. The Morgan fingerprint density at radius 2 is 1.55 bits per heavy atom. The molecule has 1 atom stereocenters. The van der Waals surface area contributed by atoms with Crippen molar-refractivity contribution in [2.45, 2.75) is 39.8 Å². The van der Waals surface area contributed by atoms with Gasteiger partial charge in [0.25, 0.3) is 0 Å². The van der Waals surface area contributed by atoms with Gasteiger partial charge in [-0.3, -0.25) is 0 Å². The Kier molecular flexibility index (Phi) is 3.90. The highest BCUT2D eigenvalue weighted by Gasteiger charge is 2.27. The average Bonchev–Trinajstić information content (AvgIpc) is 1.80. The second-order valence-corrected chi connectivity index (χ2v) is 3.38. The fourth-order valence-electron chi connectivity index (χ4n) is 0.725. The number of rotatable bonds is 3. The zero-order valence-electron chi connectivity index (χ0n) is 7.20. The van der Waals surface area contributed by atoms with Crippen molar-refractivity contribution in [1.29, 1.82) is 0 Å². The van der Waals surface area contributed by atoms with Gasteiger partial charge in [-0.1, -0.05) is 20.8 Å². The Bertz CT molecular complexity index is 104. The van der Waals surface area contributed by atoms with Crippen LogP contribution < -0.4 is 0 Å². The van der Waals surface area contributed by atoms with E-state index in [4.69, 9.17) is 0 Å². The highest BCUT2D eigenvalue weighted by molar-refractivity contribution is 4.60. The van der Waals surface area contributed by atoms with Crippen molar-refractivity contribution in [3.05, 3.63) is 0 Å². The van der Waals surface area contributed by atoms with E-state index in [0.717, 1.165) is 0 Å². The van der Waals surface area contributed by atoms with Crippen LogP contribution in [0.25, 0.3) is 0 Å². The molecule has 0 saturated heterocycles. The molecule has 0 fully saturated rings. The zero-order chi connectivity index (χ0) is 9.07. The molecule has 0 nitrogen and oxygen atoms in total. The third kappa shape index (κ3) is 6.20. The summed E-state index contributed by atoms with van der Waals surface area (Å²) in [7, 11) is 0. The SMILES string of the molecule is CC(C)[C@@H](C)CCC(F)(F)F. The summed E-state index contributed by atoms with van der Waals surface area (Å²) >= 11 is 0. The summed E-state index contributed by atoms with van der Waals surface area (Å²) in [4.78, 5) is 0. The van der Waals surface area contributed by atoms with Crippen LogP contribution in [0.4, 0.5) is 13.2 Å². The molecule has 68 valence electrons. The van der Waals surface area contributed by atoms with Crippen molar-refractivity contribution >= 4 is 0 Å². The first kappa shape index (κ1) is 10.8. The Labute approximate surface area is 65.8 Å². The monoisotopic (exact) mass is 168 g/mol. The Morgan fingerprint density at radius 1 is 1.09 bits per heavy atom. The third-order valence-electron chi connectivity index (χ3n) is 2.02. The van der Waals surface area contributed by atoms with Crippen LogP contribution in [-0.4, -0.2) is 6.18 Å². The van der Waals surface area contributed by atoms with E-state index in [1.54, 1.807) is 0 Å². The Balaban J connectivity index is 3.54. The molecule has 0 heterocycles. The number of hydrogen-bond acceptors (Lipinski definition) is 0. The number of halogens is 3. The molecule has 0 bridgehead atoms. The maximum absolute atomic E-state index is 11.7. The molecule has 0 aliphatic carbocycles. The van der Waals surface area contributed by atoms with E-state index in [0.29, 0.717) is 5.92 Å². The van der Waals surface area contributed by atoms with Gasteiger partial charge in [-0.2, -0.15) is 13.2 Å². The summed E-state index contributed by atoms with van der Waals surface area (Å²) in [5.41, 5.74) is 0. The summed E-state index contributed by atoms with van der Waals surface area (Å²) in [5.74, 6) is 0.508. The molecule has 0 saturated carbocycles. The second kappa shape index (κ2) is 3.98. The predicted molar refractivity (Wildman–Crippen MR) is 39.3 cm³/mol. The molecule has 0 aromatic carbocycles. The molecular weight excluding hydrogens is 153 g/mol. The first-order chi connectivity index (χ1) is 4.83. The molecule has 0 N–H and O–H groups in total. The Morgan fingerprint density at radius 3 is 1.82 bits per heavy atom. The van der Waals surface area contributed by atoms with Crippen molar-refractivity contribution in [2.75, 3.05) is 0 Å². The molecular formula is C8H15F3. The van der Waals surface area contributed by atoms with Crippen LogP contribution >= 0.6 is 0 Å². The maximum atomic E-state index is 11.7. The van der Waals surface area contributed by atoms with Gasteiger partial charge in [0.2, 0.25) is 0 Å². The summed E-state index contributed by atoms with van der Waals surface area (Å²) in [6.07, 6.45) is -4.38. The van der Waals surface area contributed by atoms with Gasteiger partial charge in [-0.15, -0.1) is 0 Å². The van der Waals surface area contributed by atoms with Gasteiger partial charge in [-0.25, -0.2) is 0 Å². The van der Waals surface area contributed by atoms with Gasteiger partial charge in [0.15, 0.2) is 0 Å². The molecule has 11 heavy (non-hydrogen) atoms. The van der Waals surface area contributed by atoms with Gasteiger partial charge in [-0.05, 0) is 18.3 Å². The Hall–Kier alpha value is -0.210. The van der Waals surface area contributed by atoms with E-state index in [1.165, 1.54) is 0 Å². The van der Waals surface area contributed by atoms with Crippen molar-refractivity contribution in [2.24, 2.45) is 11.8 Å². The first-order valence-corrected chi connectivity index (χ1v) is 3.89. The van der Waals surface area contributed by atoms with Crippen LogP contribution in [-0.2, 0) is 0 Å². The smallest absolute Gasteiger partial charge is 0.171 e. The lowest BCUT2D eigenvalue weighted by Gasteiger charge is -2.15. The maximum Gasteiger partial charge on any atom is 0.389 e. The minimum atomic E-state index is -3.98. The quantitative estimate of drug-likeness (QED) is 0.603. The van der Waals surface area contributed by atoms with E-state index >= 15 is 0 Å². The molecule has 0 amide bonds. The lowest BCUT2D eigenvalue weighted by atomic mass is 9.93. The van der Waals surface area contributed by atoms with Gasteiger partial charge in [0.05, 0.1) is 0 Å². The lowest BCUT2D eigenvalue weighted by Crippen LogP contribution is -2.12. The predicted octanol–water partition coefficient (Wildman–Crippen LogP) is 3.62. The van der Waals surface area contributed by atoms with E-state index in [-0.39, 0.29) is 12.3 Å². The molecule has 0 aromatic rings. The molecule has 0 spiro atoms. The highest BCUT2D eigenvalue weighted by atomic mass is 19.4. The van der Waals surface area contributed by atoms with Crippen LogP contribution in [0.5, 0.6) is 0 Å². The fourth-order valence-corrected chi connectivity index (χ4v) is 0.725. The van der Waals surface area contributed by atoms with Crippen LogP contribution in [0.2, 0.25) is 0 Å². The van der Waals surface area contributed by atoms with Gasteiger partial charge in [0.1, 0.15) is 0 Å². The highest BCUT2D eigenvalue weighted by Crippen LogP contribution is 2.26. The minimum absolute atomic E-state index is 0.164. The van der Waals surface area contributed by atoms with Crippen LogP contribution in [0, 0.1) is 11.8 Å². The van der Waals surface area contributed by atoms with E-state index in [2.05, 4.69) is 0 Å². The molecule has 0 unspecified atom stereocenters. The van der Waals surface area contributed by atoms with E-state index < -0.39 is 12.6 Å². The van der Waals surface area contributed by atoms with Crippen molar-refractivity contribution in [3.63, 3.8) is 0 Å². The van der Waals surface area contributed by atoms with Gasteiger partial charge < -0.3 is 0 Å². The zero-order valence-corrected chi connectivity index (χ0v) is 7.20. The second-order valence-electron chi connectivity index (χ2n) is 3.38. The van der Waals surface area contributed by atoms with E-state index in [1.807, 2.05) is 20.8 Å². The van der Waals surface area contributed by atoms with Gasteiger partial charge in [0, 0.05) is 6.42 Å². The number of hydrogen-bond donors (Lipinski definition) is 0. The molecule has 3 heteroatoms. The number of alkyl halides is 3. The lowest BCUT2D eigenvalue weighted by molar-refractivity contribution is -0.137. The largest absolute Gasteiger partial charge is 0.389 e. The molecule has 0 rings (SSSR count). The van der Waals surface area contributed by atoms with Crippen molar-refractivity contribution in [3.8, 4) is 0 Å². The molecule has 0 radical (unpaired) electrons.